The van der Waals surface area contributed by atoms with E-state index in [2.05, 4.69) is 20.7 Å². The van der Waals surface area contributed by atoms with Crippen molar-refractivity contribution in [1.29, 1.82) is 0 Å². The average Bonchev–Trinajstić information content (AvgIpc) is 2.83. The van der Waals surface area contributed by atoms with Gasteiger partial charge in [-0.3, -0.25) is 20.2 Å². The Labute approximate surface area is 112 Å². The molecule has 0 saturated carbocycles. The molecule has 0 fully saturated rings. The minimum absolute atomic E-state index is 0.0102. The number of nitro benzene ring substituents is 1. The number of anilines is 1. The molecule has 0 aliphatic heterocycles. The summed E-state index contributed by atoms with van der Waals surface area (Å²) in [5.74, 6) is -0.496. The zero-order valence-corrected chi connectivity index (χ0v) is 10.6. The predicted octanol–water partition coefficient (Wildman–Crippen LogP) is 0.379. The van der Waals surface area contributed by atoms with Crippen molar-refractivity contribution in [3.05, 3.63) is 33.9 Å². The van der Waals surface area contributed by atoms with Crippen molar-refractivity contribution in [3.63, 3.8) is 0 Å². The van der Waals surface area contributed by atoms with Crippen LogP contribution in [0.3, 0.4) is 0 Å². The Morgan fingerprint density at radius 3 is 2.80 bits per heavy atom. The molecule has 0 bridgehead atoms. The second-order valence-corrected chi connectivity index (χ2v) is 3.70. The van der Waals surface area contributed by atoms with E-state index in [0.717, 1.165) is 6.07 Å². The average molecular weight is 278 g/mol. The third kappa shape index (κ3) is 2.68. The quantitative estimate of drug-likeness (QED) is 0.632. The number of nitro groups is 1. The molecule has 0 radical (unpaired) electrons. The Hall–Kier alpha value is -3.04. The van der Waals surface area contributed by atoms with Crippen molar-refractivity contribution in [2.75, 3.05) is 12.4 Å². The maximum atomic E-state index is 11.9. The summed E-state index contributed by atoms with van der Waals surface area (Å²) in [6.45, 7) is 0. The first-order valence-electron chi connectivity index (χ1n) is 5.39. The van der Waals surface area contributed by atoms with Crippen molar-refractivity contribution < 1.29 is 14.5 Å². The zero-order valence-electron chi connectivity index (χ0n) is 10.6. The van der Waals surface area contributed by atoms with E-state index in [1.165, 1.54) is 24.0 Å². The summed E-state index contributed by atoms with van der Waals surface area (Å²) < 4.78 is 4.85. The molecule has 20 heavy (non-hydrogen) atoms. The van der Waals surface area contributed by atoms with Gasteiger partial charge in [0.2, 0.25) is 0 Å². The summed E-state index contributed by atoms with van der Waals surface area (Å²) in [6.07, 6.45) is 0. The summed E-state index contributed by atoms with van der Waals surface area (Å²) in [7, 11) is 2.85. The molecule has 0 aliphatic carbocycles. The van der Waals surface area contributed by atoms with Crippen LogP contribution in [0.25, 0.3) is 0 Å². The van der Waals surface area contributed by atoms with Gasteiger partial charge in [0, 0.05) is 11.6 Å². The van der Waals surface area contributed by atoms with Crippen molar-refractivity contribution in [1.82, 2.24) is 20.2 Å². The fourth-order valence-electron chi connectivity index (χ4n) is 1.48. The fraction of sp³-hybridized carbons (Fsp3) is 0.200. The molecule has 1 aromatic carbocycles. The number of aromatic nitrogens is 4. The summed E-state index contributed by atoms with van der Waals surface area (Å²) >= 11 is 0. The lowest BCUT2D eigenvalue weighted by molar-refractivity contribution is -0.385. The molecule has 2 rings (SSSR count). The third-order valence-corrected chi connectivity index (χ3v) is 2.37. The van der Waals surface area contributed by atoms with Crippen molar-refractivity contribution in [2.24, 2.45) is 7.05 Å². The molecule has 2 aromatic rings. The molecule has 10 nitrogen and oxygen atoms in total. The number of nitrogens with one attached hydrogen (secondary N) is 1. The number of benzene rings is 1. The minimum atomic E-state index is -0.629. The van der Waals surface area contributed by atoms with E-state index in [4.69, 9.17) is 4.74 Å². The number of hydrogen-bond acceptors (Lipinski definition) is 7. The first kappa shape index (κ1) is 13.4. The van der Waals surface area contributed by atoms with E-state index in [9.17, 15) is 14.9 Å². The van der Waals surface area contributed by atoms with Gasteiger partial charge in [-0.2, -0.15) is 4.80 Å². The normalized spacial score (nSPS) is 10.1. The molecule has 1 amide bonds. The Bertz CT molecular complexity index is 668. The van der Waals surface area contributed by atoms with Gasteiger partial charge in [0.15, 0.2) is 5.75 Å². The number of rotatable bonds is 4. The van der Waals surface area contributed by atoms with Gasteiger partial charge in [-0.1, -0.05) is 5.10 Å². The molecule has 1 aromatic heterocycles. The predicted molar refractivity (Wildman–Crippen MR) is 66.4 cm³/mol. The first-order chi connectivity index (χ1) is 9.51. The summed E-state index contributed by atoms with van der Waals surface area (Å²) in [4.78, 5) is 23.3. The molecule has 0 spiro atoms. The van der Waals surface area contributed by atoms with Gasteiger partial charge in [0.1, 0.15) is 0 Å². The molecule has 0 atom stereocenters. The second-order valence-electron chi connectivity index (χ2n) is 3.70. The summed E-state index contributed by atoms with van der Waals surface area (Å²) in [5, 5.41) is 24.2. The van der Waals surface area contributed by atoms with Gasteiger partial charge in [0.25, 0.3) is 11.9 Å². The number of ether oxygens (including phenoxy) is 1. The van der Waals surface area contributed by atoms with Crippen LogP contribution in [0.4, 0.5) is 11.6 Å². The molecular formula is C10H10N6O4. The number of carbonyl (C=O) groups excluding carboxylic acids is 1. The van der Waals surface area contributed by atoms with Gasteiger partial charge in [-0.25, -0.2) is 0 Å². The number of amides is 1. The highest BCUT2D eigenvalue weighted by Gasteiger charge is 2.18. The van der Waals surface area contributed by atoms with E-state index in [-0.39, 0.29) is 22.9 Å². The number of nitrogens with zero attached hydrogens (tertiary/aromatic N) is 5. The number of tetrazole rings is 1. The molecule has 0 aliphatic rings. The Balaban J connectivity index is 2.26. The molecule has 0 unspecified atom stereocenters. The zero-order chi connectivity index (χ0) is 14.7. The third-order valence-electron chi connectivity index (χ3n) is 2.37. The first-order valence-corrected chi connectivity index (χ1v) is 5.39. The molecular weight excluding hydrogens is 268 g/mol. The molecule has 1 N–H and O–H groups in total. The van der Waals surface area contributed by atoms with Gasteiger partial charge in [-0.05, 0) is 17.3 Å². The largest absolute Gasteiger partial charge is 0.490 e. The minimum Gasteiger partial charge on any atom is -0.490 e. The smallest absolute Gasteiger partial charge is 0.311 e. The Kier molecular flexibility index (Phi) is 3.55. The Morgan fingerprint density at radius 1 is 1.50 bits per heavy atom. The van der Waals surface area contributed by atoms with Crippen LogP contribution in [0, 0.1) is 10.1 Å². The maximum absolute atomic E-state index is 11.9. The standard InChI is InChI=1S/C10H10N6O4/c1-15-13-10(12-14-15)11-9(17)6-3-4-8(20-2)7(5-6)16(18)19/h3-5H,1-2H3,(H,11,13,17). The van der Waals surface area contributed by atoms with Crippen LogP contribution in [-0.2, 0) is 7.05 Å². The van der Waals surface area contributed by atoms with Crippen LogP contribution in [0.5, 0.6) is 5.75 Å². The lowest BCUT2D eigenvalue weighted by atomic mass is 10.2. The van der Waals surface area contributed by atoms with E-state index in [1.54, 1.807) is 7.05 Å². The fourth-order valence-corrected chi connectivity index (χ4v) is 1.48. The number of methoxy groups -OCH3 is 1. The van der Waals surface area contributed by atoms with Crippen molar-refractivity contribution in [3.8, 4) is 5.75 Å². The monoisotopic (exact) mass is 278 g/mol. The van der Waals surface area contributed by atoms with Gasteiger partial charge < -0.3 is 4.74 Å². The van der Waals surface area contributed by atoms with Crippen LogP contribution in [0.2, 0.25) is 0 Å². The maximum Gasteiger partial charge on any atom is 0.311 e. The number of aryl methyl sites for hydroxylation is 1. The van der Waals surface area contributed by atoms with Gasteiger partial charge in [-0.15, -0.1) is 5.10 Å². The highest BCUT2D eigenvalue weighted by molar-refractivity contribution is 6.03. The van der Waals surface area contributed by atoms with Crippen molar-refractivity contribution in [2.45, 2.75) is 0 Å². The topological polar surface area (TPSA) is 125 Å². The van der Waals surface area contributed by atoms with Crippen molar-refractivity contribution >= 4 is 17.5 Å². The van der Waals surface area contributed by atoms with Crippen LogP contribution in [0.15, 0.2) is 18.2 Å². The van der Waals surface area contributed by atoms with Crippen LogP contribution in [0.1, 0.15) is 10.4 Å². The van der Waals surface area contributed by atoms with E-state index in [1.807, 2.05) is 0 Å². The molecule has 10 heteroatoms. The van der Waals surface area contributed by atoms with E-state index >= 15 is 0 Å². The van der Waals surface area contributed by atoms with Crippen LogP contribution in [-0.4, -0.2) is 38.1 Å². The molecule has 104 valence electrons. The SMILES string of the molecule is COc1ccc(C(=O)Nc2nnn(C)n2)cc1[N+](=O)[O-]. The highest BCUT2D eigenvalue weighted by Crippen LogP contribution is 2.27. The number of hydrogen-bond donors (Lipinski definition) is 1. The van der Waals surface area contributed by atoms with Gasteiger partial charge >= 0.3 is 5.69 Å². The summed E-state index contributed by atoms with van der Waals surface area (Å²) in [6, 6.07) is 3.86. The lowest BCUT2D eigenvalue weighted by Crippen LogP contribution is -2.13. The van der Waals surface area contributed by atoms with Gasteiger partial charge in [0.05, 0.1) is 19.1 Å². The van der Waals surface area contributed by atoms with E-state index < -0.39 is 10.8 Å². The van der Waals surface area contributed by atoms with Crippen LogP contribution < -0.4 is 10.1 Å². The van der Waals surface area contributed by atoms with E-state index in [0.29, 0.717) is 0 Å². The molecule has 0 saturated heterocycles. The van der Waals surface area contributed by atoms with Crippen LogP contribution >= 0.6 is 0 Å². The second kappa shape index (κ2) is 5.30. The Morgan fingerprint density at radius 2 is 2.25 bits per heavy atom. The highest BCUT2D eigenvalue weighted by atomic mass is 16.6. The number of carbonyl (C=O) groups is 1. The molecule has 1 heterocycles. The summed E-state index contributed by atoms with van der Waals surface area (Å²) in [5.41, 5.74) is -0.211. The lowest BCUT2D eigenvalue weighted by Gasteiger charge is -2.04.